The van der Waals surface area contributed by atoms with E-state index < -0.39 is 0 Å². The molecule has 3 rings (SSSR count). The predicted molar refractivity (Wildman–Crippen MR) is 98.1 cm³/mol. The van der Waals surface area contributed by atoms with Crippen molar-refractivity contribution in [2.24, 2.45) is 0 Å². The second-order valence-electron chi connectivity index (χ2n) is 6.13. The number of ketones is 1. The number of hydrogen-bond acceptors (Lipinski definition) is 5. The van der Waals surface area contributed by atoms with Crippen molar-refractivity contribution in [1.82, 2.24) is 4.90 Å². The molecule has 0 aliphatic carbocycles. The lowest BCUT2D eigenvalue weighted by Gasteiger charge is -2.25. The fourth-order valence-electron chi connectivity index (χ4n) is 2.83. The van der Waals surface area contributed by atoms with Gasteiger partial charge in [-0.3, -0.25) is 14.5 Å². The first kappa shape index (κ1) is 17.9. The summed E-state index contributed by atoms with van der Waals surface area (Å²) in [6.45, 7) is 2.50. The molecule has 0 bridgehead atoms. The van der Waals surface area contributed by atoms with Crippen molar-refractivity contribution in [2.45, 2.75) is 25.8 Å². The average Bonchev–Trinajstić information content (AvgIpc) is 2.62. The Kier molecular flexibility index (Phi) is 6.04. The Morgan fingerprint density at radius 3 is 2.56 bits per heavy atom. The summed E-state index contributed by atoms with van der Waals surface area (Å²) < 4.78 is 11.8. The maximum absolute atomic E-state index is 12.2. The number of rotatable bonds is 6. The van der Waals surface area contributed by atoms with E-state index in [9.17, 15) is 9.59 Å². The van der Waals surface area contributed by atoms with Crippen molar-refractivity contribution in [3.63, 3.8) is 0 Å². The number of carbonyl (C=O) groups is 1. The minimum Gasteiger partial charge on any atom is -0.478 e. The summed E-state index contributed by atoms with van der Waals surface area (Å²) in [5.74, 6) is 0.496. The predicted octanol–water partition coefficient (Wildman–Crippen LogP) is 3.65. The first-order valence-corrected chi connectivity index (χ1v) is 9.17. The molecule has 1 aromatic heterocycles. The van der Waals surface area contributed by atoms with E-state index in [1.807, 2.05) is 0 Å². The zero-order chi connectivity index (χ0) is 17.6. The Hall–Kier alpha value is -1.92. The molecule has 0 N–H and O–H groups in total. The van der Waals surface area contributed by atoms with Crippen LogP contribution >= 0.6 is 15.9 Å². The first-order chi connectivity index (χ1) is 12.1. The minimum absolute atomic E-state index is 0.0628. The molecule has 1 aromatic carbocycles. The van der Waals surface area contributed by atoms with Gasteiger partial charge in [0, 0.05) is 16.1 Å². The molecule has 2 heterocycles. The fraction of sp³-hybridized carbons (Fsp3) is 0.368. The van der Waals surface area contributed by atoms with Crippen LogP contribution in [0.5, 0.6) is 5.75 Å². The topological polar surface area (TPSA) is 59.8 Å². The maximum Gasteiger partial charge on any atom is 0.227 e. The number of nitrogens with zero attached hydrogens (tertiary/aromatic N) is 1. The zero-order valence-electron chi connectivity index (χ0n) is 13.9. The third-order valence-electron chi connectivity index (χ3n) is 4.21. The molecule has 1 aliphatic heterocycles. The number of hydrogen-bond donors (Lipinski definition) is 0. The van der Waals surface area contributed by atoms with Gasteiger partial charge in [-0.15, -0.1) is 0 Å². The first-order valence-electron chi connectivity index (χ1n) is 8.37. The number of carbonyl (C=O) groups excluding carboxylic acids is 1. The lowest BCUT2D eigenvalue weighted by atomic mass is 10.1. The second-order valence-corrected chi connectivity index (χ2v) is 7.05. The number of likely N-dealkylation sites (tertiary alicyclic amines) is 1. The van der Waals surface area contributed by atoms with Crippen LogP contribution in [0.15, 0.2) is 50.3 Å². The quantitative estimate of drug-likeness (QED) is 0.686. The molecule has 0 atom stereocenters. The molecule has 1 fully saturated rings. The highest BCUT2D eigenvalue weighted by Gasteiger charge is 2.14. The Morgan fingerprint density at radius 2 is 1.88 bits per heavy atom. The summed E-state index contributed by atoms with van der Waals surface area (Å²) in [6.07, 6.45) is 4.93. The molecule has 0 radical (unpaired) electrons. The highest BCUT2D eigenvalue weighted by atomic mass is 79.9. The number of halogens is 1. The van der Waals surface area contributed by atoms with Crippen LogP contribution < -0.4 is 10.2 Å². The normalized spacial score (nSPS) is 15.1. The monoisotopic (exact) mass is 405 g/mol. The van der Waals surface area contributed by atoms with Gasteiger partial charge >= 0.3 is 0 Å². The molecule has 0 saturated carbocycles. The fourth-order valence-corrected chi connectivity index (χ4v) is 3.09. The summed E-state index contributed by atoms with van der Waals surface area (Å²) in [7, 11) is 0. The van der Waals surface area contributed by atoms with Gasteiger partial charge in [0.05, 0.1) is 6.54 Å². The molecule has 0 spiro atoms. The number of Topliss-reactive ketones (excluding diaryl/α,β-unsaturated/α-hetero) is 1. The van der Waals surface area contributed by atoms with Crippen molar-refractivity contribution < 1.29 is 13.9 Å². The standard InChI is InChI=1S/C19H20BrNO4/c20-15-6-4-14(5-7-15)18(23)12-25-19-13-24-16(10-17(19)22)11-21-8-2-1-3-9-21/h4-7,10,13H,1-3,8-9,11-12H2. The van der Waals surface area contributed by atoms with Crippen LogP contribution in [0, 0.1) is 0 Å². The minimum atomic E-state index is -0.262. The number of piperidine rings is 1. The van der Waals surface area contributed by atoms with Crippen LogP contribution in [-0.4, -0.2) is 30.4 Å². The molecule has 0 unspecified atom stereocenters. The van der Waals surface area contributed by atoms with Crippen LogP contribution in [0.25, 0.3) is 0 Å². The van der Waals surface area contributed by atoms with Crippen molar-refractivity contribution in [1.29, 1.82) is 0 Å². The van der Waals surface area contributed by atoms with Gasteiger partial charge in [0.25, 0.3) is 0 Å². The van der Waals surface area contributed by atoms with Gasteiger partial charge in [-0.1, -0.05) is 34.5 Å². The van der Waals surface area contributed by atoms with E-state index in [1.54, 1.807) is 24.3 Å². The zero-order valence-corrected chi connectivity index (χ0v) is 15.5. The van der Waals surface area contributed by atoms with Crippen molar-refractivity contribution in [3.8, 4) is 5.75 Å². The van der Waals surface area contributed by atoms with E-state index in [1.165, 1.54) is 31.6 Å². The van der Waals surface area contributed by atoms with Crippen molar-refractivity contribution in [2.75, 3.05) is 19.7 Å². The summed E-state index contributed by atoms with van der Waals surface area (Å²) in [5, 5.41) is 0. The third kappa shape index (κ3) is 5.03. The molecule has 25 heavy (non-hydrogen) atoms. The Balaban J connectivity index is 1.58. The summed E-state index contributed by atoms with van der Waals surface area (Å²) in [4.78, 5) is 26.5. The molecule has 5 nitrogen and oxygen atoms in total. The van der Waals surface area contributed by atoms with E-state index in [4.69, 9.17) is 9.15 Å². The SMILES string of the molecule is O=C(COc1coc(CN2CCCCC2)cc1=O)c1ccc(Br)cc1. The summed E-state index contributed by atoms with van der Waals surface area (Å²) >= 11 is 3.32. The maximum atomic E-state index is 12.2. The van der Waals surface area contributed by atoms with Crippen LogP contribution in [0.3, 0.4) is 0 Å². The van der Waals surface area contributed by atoms with Gasteiger partial charge in [0.1, 0.15) is 12.0 Å². The molecular weight excluding hydrogens is 386 g/mol. The summed E-state index contributed by atoms with van der Waals surface area (Å²) in [6, 6.07) is 8.45. The van der Waals surface area contributed by atoms with Crippen LogP contribution in [-0.2, 0) is 6.54 Å². The number of ether oxygens (including phenoxy) is 1. The highest BCUT2D eigenvalue weighted by Crippen LogP contribution is 2.14. The Labute approximate surface area is 154 Å². The van der Waals surface area contributed by atoms with E-state index in [2.05, 4.69) is 20.8 Å². The largest absolute Gasteiger partial charge is 0.478 e. The van der Waals surface area contributed by atoms with Gasteiger partial charge in [0.2, 0.25) is 11.2 Å². The smallest absolute Gasteiger partial charge is 0.227 e. The molecular formula is C19H20BrNO4. The van der Waals surface area contributed by atoms with Gasteiger partial charge in [-0.25, -0.2) is 0 Å². The molecule has 132 valence electrons. The molecule has 1 aliphatic rings. The van der Waals surface area contributed by atoms with Crippen LogP contribution in [0.1, 0.15) is 35.4 Å². The third-order valence-corrected chi connectivity index (χ3v) is 4.73. The highest BCUT2D eigenvalue weighted by molar-refractivity contribution is 9.10. The average molecular weight is 406 g/mol. The molecule has 2 aromatic rings. The van der Waals surface area contributed by atoms with Gasteiger partial charge < -0.3 is 9.15 Å². The van der Waals surface area contributed by atoms with Gasteiger partial charge in [0.15, 0.2) is 12.4 Å². The van der Waals surface area contributed by atoms with Gasteiger partial charge in [-0.05, 0) is 38.1 Å². The Bertz CT molecular complexity index is 779. The van der Waals surface area contributed by atoms with Crippen molar-refractivity contribution >= 4 is 21.7 Å². The summed E-state index contributed by atoms with van der Waals surface area (Å²) in [5.41, 5.74) is 0.274. The van der Waals surface area contributed by atoms with Gasteiger partial charge in [-0.2, -0.15) is 0 Å². The second kappa shape index (κ2) is 8.45. The van der Waals surface area contributed by atoms with E-state index in [0.717, 1.165) is 17.6 Å². The lowest BCUT2D eigenvalue weighted by Crippen LogP contribution is -2.29. The van der Waals surface area contributed by atoms with E-state index >= 15 is 0 Å². The Morgan fingerprint density at radius 1 is 1.16 bits per heavy atom. The van der Waals surface area contributed by atoms with Crippen LogP contribution in [0.4, 0.5) is 0 Å². The molecule has 6 heteroatoms. The van der Waals surface area contributed by atoms with E-state index in [0.29, 0.717) is 17.9 Å². The van der Waals surface area contributed by atoms with E-state index in [-0.39, 0.29) is 23.6 Å². The number of benzene rings is 1. The molecule has 0 amide bonds. The van der Waals surface area contributed by atoms with Crippen LogP contribution in [0.2, 0.25) is 0 Å². The van der Waals surface area contributed by atoms with Crippen molar-refractivity contribution in [3.05, 3.63) is 62.6 Å². The lowest BCUT2D eigenvalue weighted by molar-refractivity contribution is 0.0919. The molecule has 1 saturated heterocycles.